The van der Waals surface area contributed by atoms with Crippen LogP contribution in [0.2, 0.25) is 0 Å². The predicted octanol–water partition coefficient (Wildman–Crippen LogP) is 4.76. The number of hydrogen-bond donors (Lipinski definition) is 0. The number of rotatable bonds is 4. The van der Waals surface area contributed by atoms with Crippen molar-refractivity contribution in [2.24, 2.45) is 0 Å². The number of ether oxygens (including phenoxy) is 3. The van der Waals surface area contributed by atoms with E-state index in [0.717, 1.165) is 42.6 Å². The highest BCUT2D eigenvalue weighted by Crippen LogP contribution is 2.53. The zero-order chi connectivity index (χ0) is 19.0. The summed E-state index contributed by atoms with van der Waals surface area (Å²) in [6, 6.07) is 10.6. The van der Waals surface area contributed by atoms with Gasteiger partial charge >= 0.3 is 0 Å². The lowest BCUT2D eigenvalue weighted by atomic mass is 9.75. The van der Waals surface area contributed by atoms with Gasteiger partial charge in [0.15, 0.2) is 0 Å². The quantitative estimate of drug-likeness (QED) is 0.574. The summed E-state index contributed by atoms with van der Waals surface area (Å²) in [6.07, 6.45) is 3.68. The van der Waals surface area contributed by atoms with Crippen molar-refractivity contribution < 1.29 is 19.1 Å². The van der Waals surface area contributed by atoms with Crippen molar-refractivity contribution in [1.29, 1.82) is 0 Å². The molecule has 0 unspecified atom stereocenters. The molecule has 0 N–H and O–H groups in total. The van der Waals surface area contributed by atoms with E-state index in [-0.39, 0.29) is 22.6 Å². The molecule has 0 spiro atoms. The van der Waals surface area contributed by atoms with Gasteiger partial charge in [0.25, 0.3) is 5.69 Å². The van der Waals surface area contributed by atoms with E-state index in [0.29, 0.717) is 11.3 Å². The first-order valence-electron chi connectivity index (χ1n) is 9.29. The van der Waals surface area contributed by atoms with Gasteiger partial charge in [-0.3, -0.25) is 10.1 Å². The summed E-state index contributed by atoms with van der Waals surface area (Å²) in [4.78, 5) is 11.3. The number of fused-ring (bicyclic) bond motifs is 3. The third-order valence-corrected chi connectivity index (χ3v) is 5.71. The number of para-hydroxylation sites is 1. The molecule has 0 bridgehead atoms. The van der Waals surface area contributed by atoms with E-state index in [9.17, 15) is 10.1 Å². The SMILES string of the molecule is COc1ccc(OC)c2c1[C@H](c1ccccc1[N+](=O)[O-])O[C@@H]1CCCC[C@H]21. The molecule has 0 aromatic heterocycles. The van der Waals surface area contributed by atoms with Crippen LogP contribution >= 0.6 is 0 Å². The molecule has 1 aliphatic carbocycles. The second kappa shape index (κ2) is 7.19. The molecule has 3 atom stereocenters. The molecule has 1 fully saturated rings. The Morgan fingerprint density at radius 2 is 1.67 bits per heavy atom. The molecule has 1 aliphatic heterocycles. The van der Waals surface area contributed by atoms with E-state index in [2.05, 4.69) is 0 Å². The lowest BCUT2D eigenvalue weighted by molar-refractivity contribution is -0.386. The van der Waals surface area contributed by atoms with Crippen molar-refractivity contribution in [2.45, 2.75) is 43.8 Å². The number of benzene rings is 2. The van der Waals surface area contributed by atoms with Gasteiger partial charge < -0.3 is 14.2 Å². The molecular formula is C21H23NO5. The van der Waals surface area contributed by atoms with Gasteiger partial charge in [0.1, 0.15) is 17.6 Å². The van der Waals surface area contributed by atoms with Crippen LogP contribution in [0, 0.1) is 10.1 Å². The van der Waals surface area contributed by atoms with Crippen molar-refractivity contribution in [1.82, 2.24) is 0 Å². The number of nitro benzene ring substituents is 1. The number of nitrogens with zero attached hydrogens (tertiary/aromatic N) is 1. The third-order valence-electron chi connectivity index (χ3n) is 5.71. The fourth-order valence-electron chi connectivity index (χ4n) is 4.54. The van der Waals surface area contributed by atoms with Crippen molar-refractivity contribution in [2.75, 3.05) is 14.2 Å². The van der Waals surface area contributed by atoms with E-state index in [1.807, 2.05) is 18.2 Å². The van der Waals surface area contributed by atoms with Crippen LogP contribution in [0.25, 0.3) is 0 Å². The van der Waals surface area contributed by atoms with E-state index < -0.39 is 6.10 Å². The Hall–Kier alpha value is -2.60. The molecule has 1 heterocycles. The second-order valence-electron chi connectivity index (χ2n) is 7.06. The van der Waals surface area contributed by atoms with Crippen LogP contribution in [0.15, 0.2) is 36.4 Å². The van der Waals surface area contributed by atoms with Gasteiger partial charge in [-0.2, -0.15) is 0 Å². The minimum Gasteiger partial charge on any atom is -0.496 e. The van der Waals surface area contributed by atoms with Gasteiger partial charge in [-0.05, 0) is 31.0 Å². The molecule has 2 aliphatic rings. The van der Waals surface area contributed by atoms with E-state index in [1.54, 1.807) is 26.4 Å². The summed E-state index contributed by atoms with van der Waals surface area (Å²) >= 11 is 0. The Labute approximate surface area is 158 Å². The molecule has 1 saturated carbocycles. The maximum absolute atomic E-state index is 11.6. The number of methoxy groups -OCH3 is 2. The minimum atomic E-state index is -0.550. The van der Waals surface area contributed by atoms with Gasteiger partial charge in [-0.1, -0.05) is 25.0 Å². The van der Waals surface area contributed by atoms with Crippen LogP contribution in [0.5, 0.6) is 11.5 Å². The summed E-state index contributed by atoms with van der Waals surface area (Å²) in [7, 11) is 3.28. The monoisotopic (exact) mass is 369 g/mol. The zero-order valence-corrected chi connectivity index (χ0v) is 15.5. The molecule has 2 aromatic carbocycles. The van der Waals surface area contributed by atoms with Crippen LogP contribution in [0.3, 0.4) is 0 Å². The van der Waals surface area contributed by atoms with Crippen molar-refractivity contribution in [3.8, 4) is 11.5 Å². The summed E-state index contributed by atoms with van der Waals surface area (Å²) in [5.41, 5.74) is 2.55. The molecule has 6 nitrogen and oxygen atoms in total. The van der Waals surface area contributed by atoms with Crippen LogP contribution in [0.1, 0.15) is 54.4 Å². The fraction of sp³-hybridized carbons (Fsp3) is 0.429. The van der Waals surface area contributed by atoms with E-state index in [4.69, 9.17) is 14.2 Å². The standard InChI is InChI=1S/C21H23NO5/c1-25-17-11-12-18(26-2)20-19(17)14-8-4-6-10-16(14)27-21(20)13-7-3-5-9-15(13)22(23)24/h3,5,7,9,11-12,14,16,21H,4,6,8,10H2,1-2H3/t14-,16+,21-/m0/s1. The van der Waals surface area contributed by atoms with Gasteiger partial charge in [-0.25, -0.2) is 0 Å². The highest BCUT2D eigenvalue weighted by Gasteiger charge is 2.43. The van der Waals surface area contributed by atoms with E-state index in [1.165, 1.54) is 6.07 Å². The van der Waals surface area contributed by atoms with Gasteiger partial charge in [0.05, 0.1) is 30.8 Å². The maximum Gasteiger partial charge on any atom is 0.275 e. The molecule has 0 radical (unpaired) electrons. The Morgan fingerprint density at radius 1 is 1.00 bits per heavy atom. The number of hydrogen-bond acceptors (Lipinski definition) is 5. The van der Waals surface area contributed by atoms with Crippen LogP contribution in [-0.4, -0.2) is 25.2 Å². The molecular weight excluding hydrogens is 346 g/mol. The van der Waals surface area contributed by atoms with Crippen molar-refractivity contribution in [3.05, 3.63) is 63.2 Å². The fourth-order valence-corrected chi connectivity index (χ4v) is 4.54. The number of nitro groups is 1. The summed E-state index contributed by atoms with van der Waals surface area (Å²) in [5.74, 6) is 1.70. The first-order chi connectivity index (χ1) is 13.2. The summed E-state index contributed by atoms with van der Waals surface area (Å²) in [5, 5.41) is 11.6. The van der Waals surface area contributed by atoms with E-state index >= 15 is 0 Å². The van der Waals surface area contributed by atoms with Crippen molar-refractivity contribution >= 4 is 5.69 Å². The lowest BCUT2D eigenvalue weighted by Crippen LogP contribution is -2.34. The third kappa shape index (κ3) is 2.94. The average Bonchev–Trinajstić information content (AvgIpc) is 2.72. The Morgan fingerprint density at radius 3 is 2.37 bits per heavy atom. The maximum atomic E-state index is 11.6. The Balaban J connectivity index is 1.96. The molecule has 4 rings (SSSR count). The molecule has 0 amide bonds. The molecule has 0 saturated heterocycles. The largest absolute Gasteiger partial charge is 0.496 e. The van der Waals surface area contributed by atoms with Crippen LogP contribution in [-0.2, 0) is 4.74 Å². The highest BCUT2D eigenvalue weighted by atomic mass is 16.6. The minimum absolute atomic E-state index is 0.0251. The zero-order valence-electron chi connectivity index (χ0n) is 15.5. The lowest BCUT2D eigenvalue weighted by Gasteiger charge is -2.42. The van der Waals surface area contributed by atoms with Gasteiger partial charge in [0.2, 0.25) is 0 Å². The first-order valence-corrected chi connectivity index (χ1v) is 9.29. The predicted molar refractivity (Wildman–Crippen MR) is 101 cm³/mol. The molecule has 6 heteroatoms. The summed E-state index contributed by atoms with van der Waals surface area (Å²) in [6.45, 7) is 0. The molecule has 2 aromatic rings. The summed E-state index contributed by atoms with van der Waals surface area (Å²) < 4.78 is 17.8. The van der Waals surface area contributed by atoms with Crippen LogP contribution < -0.4 is 9.47 Å². The second-order valence-corrected chi connectivity index (χ2v) is 7.06. The van der Waals surface area contributed by atoms with Crippen molar-refractivity contribution in [3.63, 3.8) is 0 Å². The normalized spacial score (nSPS) is 23.9. The highest BCUT2D eigenvalue weighted by molar-refractivity contribution is 5.58. The van der Waals surface area contributed by atoms with Gasteiger partial charge in [-0.15, -0.1) is 0 Å². The van der Waals surface area contributed by atoms with Crippen LogP contribution in [0.4, 0.5) is 5.69 Å². The molecule has 142 valence electrons. The average molecular weight is 369 g/mol. The Kier molecular flexibility index (Phi) is 4.74. The first kappa shape index (κ1) is 17.8. The topological polar surface area (TPSA) is 70.8 Å². The van der Waals surface area contributed by atoms with Gasteiger partial charge in [0, 0.05) is 23.1 Å². The Bertz CT molecular complexity index is 866. The smallest absolute Gasteiger partial charge is 0.275 e. The molecule has 27 heavy (non-hydrogen) atoms.